The van der Waals surface area contributed by atoms with Gasteiger partial charge in [0, 0.05) is 12.3 Å². The molecule has 0 radical (unpaired) electrons. The Balaban J connectivity index is 2.30. The average molecular weight is 328 g/mol. The molecule has 0 saturated heterocycles. The van der Waals surface area contributed by atoms with Gasteiger partial charge in [0.15, 0.2) is 11.6 Å². The van der Waals surface area contributed by atoms with Crippen LogP contribution in [0.15, 0.2) is 57.7 Å². The number of carbonyl (C=O) groups is 2. The van der Waals surface area contributed by atoms with Crippen LogP contribution < -0.4 is 0 Å². The molecule has 0 aliphatic heterocycles. The van der Waals surface area contributed by atoms with Crippen LogP contribution in [-0.2, 0) is 0 Å². The molecule has 2 heterocycles. The van der Waals surface area contributed by atoms with Gasteiger partial charge in [-0.1, -0.05) is 25.5 Å². The summed E-state index contributed by atoms with van der Waals surface area (Å²) in [6, 6.07) is 3.33. The highest BCUT2D eigenvalue weighted by Gasteiger charge is 2.32. The molecule has 2 aromatic heterocycles. The molecule has 0 N–H and O–H groups in total. The summed E-state index contributed by atoms with van der Waals surface area (Å²) in [5.41, 5.74) is 2.14. The number of allylic oxidation sites excluding steroid dienone is 2. The zero-order valence-electron chi connectivity index (χ0n) is 14.6. The first-order valence-electron chi connectivity index (χ1n) is 8.17. The van der Waals surface area contributed by atoms with Crippen LogP contribution in [0.5, 0.6) is 0 Å². The molecule has 0 fully saturated rings. The van der Waals surface area contributed by atoms with Gasteiger partial charge in [0.2, 0.25) is 0 Å². The Morgan fingerprint density at radius 2 is 1.62 bits per heavy atom. The number of hydrogen-bond acceptors (Lipinski definition) is 4. The molecule has 0 saturated carbocycles. The third-order valence-corrected chi connectivity index (χ3v) is 4.20. The second-order valence-corrected chi connectivity index (χ2v) is 6.69. The highest BCUT2D eigenvalue weighted by Crippen LogP contribution is 2.31. The van der Waals surface area contributed by atoms with Crippen LogP contribution in [-0.4, -0.2) is 11.6 Å². The van der Waals surface area contributed by atoms with Gasteiger partial charge in [-0.3, -0.25) is 9.59 Å². The first-order chi connectivity index (χ1) is 11.4. The summed E-state index contributed by atoms with van der Waals surface area (Å²) < 4.78 is 10.0. The number of carbonyl (C=O) groups excluding carboxylic acids is 2. The lowest BCUT2D eigenvalue weighted by Crippen LogP contribution is -2.28. The zero-order valence-corrected chi connectivity index (χ0v) is 14.6. The maximum Gasteiger partial charge on any atom is 0.173 e. The molecule has 24 heavy (non-hydrogen) atoms. The van der Waals surface area contributed by atoms with E-state index in [1.165, 1.54) is 25.1 Å². The van der Waals surface area contributed by atoms with Crippen LogP contribution in [0.1, 0.15) is 54.8 Å². The maximum atomic E-state index is 12.9. The van der Waals surface area contributed by atoms with E-state index in [-0.39, 0.29) is 29.3 Å². The van der Waals surface area contributed by atoms with Crippen LogP contribution in [0, 0.1) is 17.8 Å². The van der Waals surface area contributed by atoms with E-state index in [9.17, 15) is 9.59 Å². The number of furan rings is 2. The molecule has 4 nitrogen and oxygen atoms in total. The van der Waals surface area contributed by atoms with E-state index in [0.29, 0.717) is 17.5 Å². The van der Waals surface area contributed by atoms with Gasteiger partial charge < -0.3 is 8.83 Å². The fraction of sp³-hybridized carbons (Fsp3) is 0.400. The molecule has 0 aliphatic carbocycles. The standard InChI is InChI=1S/C20H24O4/c1-13(2)9-18(20(22)16-6-8-24-12-16)17(14(3)4)10-19(21)15-5-7-23-11-15/h5-9,11-12,14,17-18H,10H2,1-4H3. The highest BCUT2D eigenvalue weighted by atomic mass is 16.3. The molecule has 0 aromatic carbocycles. The maximum absolute atomic E-state index is 12.9. The summed E-state index contributed by atoms with van der Waals surface area (Å²) in [7, 11) is 0. The van der Waals surface area contributed by atoms with E-state index in [1.807, 2.05) is 33.8 Å². The summed E-state index contributed by atoms with van der Waals surface area (Å²) >= 11 is 0. The van der Waals surface area contributed by atoms with E-state index in [1.54, 1.807) is 12.1 Å². The predicted molar refractivity (Wildman–Crippen MR) is 91.9 cm³/mol. The van der Waals surface area contributed by atoms with Gasteiger partial charge in [-0.25, -0.2) is 0 Å². The first-order valence-corrected chi connectivity index (χ1v) is 8.17. The lowest BCUT2D eigenvalue weighted by atomic mass is 9.75. The lowest BCUT2D eigenvalue weighted by Gasteiger charge is -2.27. The van der Waals surface area contributed by atoms with Crippen LogP contribution in [0.25, 0.3) is 0 Å². The van der Waals surface area contributed by atoms with Crippen molar-refractivity contribution >= 4 is 11.6 Å². The van der Waals surface area contributed by atoms with Crippen molar-refractivity contribution in [1.29, 1.82) is 0 Å². The van der Waals surface area contributed by atoms with Gasteiger partial charge in [0.05, 0.1) is 23.7 Å². The molecular weight excluding hydrogens is 304 g/mol. The van der Waals surface area contributed by atoms with Crippen molar-refractivity contribution < 1.29 is 18.4 Å². The Morgan fingerprint density at radius 3 is 2.08 bits per heavy atom. The third kappa shape index (κ3) is 4.34. The first kappa shape index (κ1) is 18.0. The van der Waals surface area contributed by atoms with E-state index in [0.717, 1.165) is 5.57 Å². The third-order valence-electron chi connectivity index (χ3n) is 4.20. The van der Waals surface area contributed by atoms with Gasteiger partial charge in [-0.2, -0.15) is 0 Å². The number of Topliss-reactive ketones (excluding diaryl/α,β-unsaturated/α-hetero) is 2. The Kier molecular flexibility index (Phi) is 5.96. The SMILES string of the molecule is CC(C)=CC(C(=O)c1ccoc1)C(CC(=O)c1ccoc1)C(C)C. The minimum Gasteiger partial charge on any atom is -0.472 e. The Bertz CT molecular complexity index is 686. The van der Waals surface area contributed by atoms with Gasteiger partial charge in [-0.05, 0) is 37.8 Å². The molecular formula is C20H24O4. The van der Waals surface area contributed by atoms with Gasteiger partial charge in [-0.15, -0.1) is 0 Å². The van der Waals surface area contributed by atoms with Crippen LogP contribution in [0.2, 0.25) is 0 Å². The number of hydrogen-bond donors (Lipinski definition) is 0. The van der Waals surface area contributed by atoms with Crippen molar-refractivity contribution in [2.24, 2.45) is 17.8 Å². The van der Waals surface area contributed by atoms with Crippen molar-refractivity contribution in [3.63, 3.8) is 0 Å². The van der Waals surface area contributed by atoms with Crippen LogP contribution >= 0.6 is 0 Å². The van der Waals surface area contributed by atoms with Gasteiger partial charge in [0.1, 0.15) is 12.5 Å². The normalized spacial score (nSPS) is 13.5. The minimum atomic E-state index is -0.358. The average Bonchev–Trinajstić information content (AvgIpc) is 3.22. The summed E-state index contributed by atoms with van der Waals surface area (Å²) in [5.74, 6) is -0.288. The molecule has 0 spiro atoms. The van der Waals surface area contributed by atoms with Crippen molar-refractivity contribution in [3.8, 4) is 0 Å². The molecule has 2 atom stereocenters. The molecule has 0 aliphatic rings. The van der Waals surface area contributed by atoms with E-state index >= 15 is 0 Å². The van der Waals surface area contributed by atoms with E-state index < -0.39 is 0 Å². The van der Waals surface area contributed by atoms with Crippen molar-refractivity contribution in [2.45, 2.75) is 34.1 Å². The van der Waals surface area contributed by atoms with E-state index in [2.05, 4.69) is 0 Å². The summed E-state index contributed by atoms with van der Waals surface area (Å²) in [5, 5.41) is 0. The molecule has 0 amide bonds. The molecule has 128 valence electrons. The Morgan fingerprint density at radius 1 is 1.04 bits per heavy atom. The minimum absolute atomic E-state index is 0.00500. The highest BCUT2D eigenvalue weighted by molar-refractivity contribution is 6.00. The van der Waals surface area contributed by atoms with Crippen molar-refractivity contribution in [1.82, 2.24) is 0 Å². The summed E-state index contributed by atoms with van der Waals surface area (Å²) in [6.07, 6.45) is 8.16. The second-order valence-electron chi connectivity index (χ2n) is 6.69. The second kappa shape index (κ2) is 7.95. The molecule has 2 aromatic rings. The van der Waals surface area contributed by atoms with Gasteiger partial charge >= 0.3 is 0 Å². The quantitative estimate of drug-likeness (QED) is 0.494. The zero-order chi connectivity index (χ0) is 17.7. The Hall–Kier alpha value is -2.36. The summed E-state index contributed by atoms with van der Waals surface area (Å²) in [4.78, 5) is 25.4. The topological polar surface area (TPSA) is 60.4 Å². The van der Waals surface area contributed by atoms with Crippen LogP contribution in [0.4, 0.5) is 0 Å². The van der Waals surface area contributed by atoms with E-state index in [4.69, 9.17) is 8.83 Å². The lowest BCUT2D eigenvalue weighted by molar-refractivity contribution is 0.0839. The smallest absolute Gasteiger partial charge is 0.173 e. The van der Waals surface area contributed by atoms with Crippen molar-refractivity contribution in [3.05, 3.63) is 60.0 Å². The summed E-state index contributed by atoms with van der Waals surface area (Å²) in [6.45, 7) is 8.01. The molecule has 2 unspecified atom stereocenters. The monoisotopic (exact) mass is 328 g/mol. The Labute approximate surface area is 142 Å². The molecule has 4 heteroatoms. The number of rotatable bonds is 8. The fourth-order valence-corrected chi connectivity index (χ4v) is 2.88. The van der Waals surface area contributed by atoms with Crippen molar-refractivity contribution in [2.75, 3.05) is 0 Å². The number of ketones is 2. The predicted octanol–water partition coefficient (Wildman–Crippen LogP) is 5.18. The van der Waals surface area contributed by atoms with Crippen LogP contribution in [0.3, 0.4) is 0 Å². The van der Waals surface area contributed by atoms with Gasteiger partial charge in [0.25, 0.3) is 0 Å². The largest absolute Gasteiger partial charge is 0.472 e. The fourth-order valence-electron chi connectivity index (χ4n) is 2.88. The molecule has 2 rings (SSSR count). The molecule has 0 bridgehead atoms.